The molecule has 0 radical (unpaired) electrons. The Labute approximate surface area is 137 Å². The monoisotopic (exact) mass is 367 g/mol. The van der Waals surface area contributed by atoms with Crippen molar-refractivity contribution in [1.29, 1.82) is 0 Å². The molecule has 112 valence electrons. The molecule has 0 amide bonds. The van der Waals surface area contributed by atoms with E-state index in [0.717, 1.165) is 24.5 Å². The minimum absolute atomic E-state index is 0.358. The second kappa shape index (κ2) is 6.81. The summed E-state index contributed by atoms with van der Waals surface area (Å²) in [7, 11) is 0. The fraction of sp³-hybridized carbons (Fsp3) is 0.375. The van der Waals surface area contributed by atoms with Crippen LogP contribution in [-0.2, 0) is 6.42 Å². The van der Waals surface area contributed by atoms with Crippen LogP contribution in [0.1, 0.15) is 23.4 Å². The maximum atomic E-state index is 5.62. The van der Waals surface area contributed by atoms with Gasteiger partial charge in [-0.2, -0.15) is 0 Å². The van der Waals surface area contributed by atoms with Gasteiger partial charge in [0.2, 0.25) is 0 Å². The number of hydrogen-bond acceptors (Lipinski definition) is 4. The minimum atomic E-state index is 0.358. The minimum Gasteiger partial charge on any atom is -0.486 e. The SMILES string of the molecule is CC(NCCc1ccc2c(c1)OCCO2)c1sccc1Br. The lowest BCUT2D eigenvalue weighted by atomic mass is 10.1. The summed E-state index contributed by atoms with van der Waals surface area (Å²) in [5.41, 5.74) is 1.27. The molecule has 21 heavy (non-hydrogen) atoms. The van der Waals surface area contributed by atoms with Crippen LogP contribution in [0.2, 0.25) is 0 Å². The molecule has 0 saturated carbocycles. The molecule has 0 saturated heterocycles. The zero-order valence-corrected chi connectivity index (χ0v) is 14.3. The fourth-order valence-corrected chi connectivity index (χ4v) is 4.13. The van der Waals surface area contributed by atoms with E-state index in [1.165, 1.54) is 14.9 Å². The molecular formula is C16H18BrNO2S. The number of benzene rings is 1. The predicted octanol–water partition coefficient (Wildman–Crippen LogP) is 4.18. The Kier molecular flexibility index (Phi) is 4.83. The first kappa shape index (κ1) is 14.9. The van der Waals surface area contributed by atoms with Crippen molar-refractivity contribution in [3.63, 3.8) is 0 Å². The zero-order chi connectivity index (χ0) is 14.7. The average Bonchev–Trinajstić information content (AvgIpc) is 2.93. The van der Waals surface area contributed by atoms with Crippen LogP contribution in [0.15, 0.2) is 34.1 Å². The molecule has 0 aliphatic carbocycles. The third-order valence-electron chi connectivity index (χ3n) is 3.51. The van der Waals surface area contributed by atoms with Crippen molar-refractivity contribution < 1.29 is 9.47 Å². The van der Waals surface area contributed by atoms with Gasteiger partial charge in [-0.1, -0.05) is 6.07 Å². The van der Waals surface area contributed by atoms with Gasteiger partial charge in [0, 0.05) is 15.4 Å². The van der Waals surface area contributed by atoms with E-state index in [2.05, 4.69) is 51.7 Å². The summed E-state index contributed by atoms with van der Waals surface area (Å²) in [5.74, 6) is 1.72. The molecule has 2 heterocycles. The highest BCUT2D eigenvalue weighted by Gasteiger charge is 2.12. The molecule has 1 aromatic heterocycles. The summed E-state index contributed by atoms with van der Waals surface area (Å²) >= 11 is 5.36. The maximum absolute atomic E-state index is 5.62. The highest BCUT2D eigenvalue weighted by atomic mass is 79.9. The number of hydrogen-bond donors (Lipinski definition) is 1. The Morgan fingerprint density at radius 1 is 1.24 bits per heavy atom. The summed E-state index contributed by atoms with van der Waals surface area (Å²) in [5, 5.41) is 5.67. The molecule has 1 N–H and O–H groups in total. The molecule has 0 fully saturated rings. The first-order valence-electron chi connectivity index (χ1n) is 7.09. The van der Waals surface area contributed by atoms with E-state index in [-0.39, 0.29) is 0 Å². The quantitative estimate of drug-likeness (QED) is 0.859. The first-order chi connectivity index (χ1) is 10.2. The Morgan fingerprint density at radius 3 is 2.81 bits per heavy atom. The van der Waals surface area contributed by atoms with Crippen molar-refractivity contribution in [3.05, 3.63) is 44.6 Å². The number of rotatable bonds is 5. The van der Waals surface area contributed by atoms with Crippen LogP contribution in [0.5, 0.6) is 11.5 Å². The smallest absolute Gasteiger partial charge is 0.161 e. The Bertz CT molecular complexity index is 614. The van der Waals surface area contributed by atoms with E-state index in [1.807, 2.05) is 6.07 Å². The Morgan fingerprint density at radius 2 is 2.05 bits per heavy atom. The summed E-state index contributed by atoms with van der Waals surface area (Å²) in [6, 6.07) is 8.65. The van der Waals surface area contributed by atoms with Crippen LogP contribution >= 0.6 is 27.3 Å². The summed E-state index contributed by atoms with van der Waals surface area (Å²) < 4.78 is 12.3. The molecule has 1 unspecified atom stereocenters. The zero-order valence-electron chi connectivity index (χ0n) is 11.9. The average molecular weight is 368 g/mol. The Hall–Kier alpha value is -1.04. The molecule has 2 aromatic rings. The van der Waals surface area contributed by atoms with Crippen molar-refractivity contribution in [2.24, 2.45) is 0 Å². The van der Waals surface area contributed by atoms with E-state index in [0.29, 0.717) is 19.3 Å². The largest absolute Gasteiger partial charge is 0.486 e. The van der Waals surface area contributed by atoms with E-state index < -0.39 is 0 Å². The highest BCUT2D eigenvalue weighted by molar-refractivity contribution is 9.10. The van der Waals surface area contributed by atoms with Gasteiger partial charge in [-0.05, 0) is 65.0 Å². The lowest BCUT2D eigenvalue weighted by Gasteiger charge is -2.19. The van der Waals surface area contributed by atoms with Crippen molar-refractivity contribution in [1.82, 2.24) is 5.32 Å². The van der Waals surface area contributed by atoms with Crippen LogP contribution < -0.4 is 14.8 Å². The van der Waals surface area contributed by atoms with E-state index in [4.69, 9.17) is 9.47 Å². The lowest BCUT2D eigenvalue weighted by molar-refractivity contribution is 0.171. The summed E-state index contributed by atoms with van der Waals surface area (Å²) in [6.45, 7) is 4.41. The standard InChI is InChI=1S/C16H18BrNO2S/c1-11(16-13(17)5-9-21-16)18-6-4-12-2-3-14-15(10-12)20-8-7-19-14/h2-3,5,9-11,18H,4,6-8H2,1H3. The van der Waals surface area contributed by atoms with Gasteiger partial charge in [-0.25, -0.2) is 0 Å². The van der Waals surface area contributed by atoms with Crippen LogP contribution in [0.3, 0.4) is 0 Å². The molecule has 0 bridgehead atoms. The van der Waals surface area contributed by atoms with Gasteiger partial charge in [-0.3, -0.25) is 0 Å². The third kappa shape index (κ3) is 3.59. The summed E-state index contributed by atoms with van der Waals surface area (Å²) in [4.78, 5) is 1.34. The fourth-order valence-electron chi connectivity index (χ4n) is 2.38. The third-order valence-corrected chi connectivity index (χ3v) is 5.56. The van der Waals surface area contributed by atoms with Gasteiger partial charge in [-0.15, -0.1) is 11.3 Å². The van der Waals surface area contributed by atoms with Gasteiger partial charge >= 0.3 is 0 Å². The van der Waals surface area contributed by atoms with Crippen molar-refractivity contribution in [2.45, 2.75) is 19.4 Å². The second-order valence-corrected chi connectivity index (χ2v) is 6.84. The summed E-state index contributed by atoms with van der Waals surface area (Å²) in [6.07, 6.45) is 0.976. The van der Waals surface area contributed by atoms with Crippen LogP contribution in [0, 0.1) is 0 Å². The first-order valence-corrected chi connectivity index (χ1v) is 8.76. The molecule has 3 nitrogen and oxygen atoms in total. The molecule has 1 aliphatic heterocycles. The molecule has 1 aromatic carbocycles. The van der Waals surface area contributed by atoms with Crippen LogP contribution in [-0.4, -0.2) is 19.8 Å². The van der Waals surface area contributed by atoms with E-state index in [1.54, 1.807) is 11.3 Å². The lowest BCUT2D eigenvalue weighted by Crippen LogP contribution is -2.21. The van der Waals surface area contributed by atoms with E-state index in [9.17, 15) is 0 Å². The van der Waals surface area contributed by atoms with Gasteiger partial charge in [0.1, 0.15) is 13.2 Å². The highest BCUT2D eigenvalue weighted by Crippen LogP contribution is 2.31. The predicted molar refractivity (Wildman–Crippen MR) is 89.6 cm³/mol. The van der Waals surface area contributed by atoms with Gasteiger partial charge < -0.3 is 14.8 Å². The maximum Gasteiger partial charge on any atom is 0.161 e. The molecule has 3 rings (SSSR count). The van der Waals surface area contributed by atoms with Crippen molar-refractivity contribution >= 4 is 27.3 Å². The second-order valence-electron chi connectivity index (χ2n) is 5.04. The van der Waals surface area contributed by atoms with Crippen molar-refractivity contribution in [3.8, 4) is 11.5 Å². The Balaban J connectivity index is 1.55. The van der Waals surface area contributed by atoms with Gasteiger partial charge in [0.05, 0.1) is 0 Å². The normalized spacial score (nSPS) is 15.0. The molecule has 5 heteroatoms. The molecule has 1 atom stereocenters. The topological polar surface area (TPSA) is 30.5 Å². The molecular weight excluding hydrogens is 350 g/mol. The number of fused-ring (bicyclic) bond motifs is 1. The number of ether oxygens (including phenoxy) is 2. The van der Waals surface area contributed by atoms with Gasteiger partial charge in [0.25, 0.3) is 0 Å². The molecule has 1 aliphatic rings. The number of halogens is 1. The van der Waals surface area contributed by atoms with E-state index >= 15 is 0 Å². The van der Waals surface area contributed by atoms with Crippen molar-refractivity contribution in [2.75, 3.05) is 19.8 Å². The molecule has 0 spiro atoms. The van der Waals surface area contributed by atoms with Gasteiger partial charge in [0.15, 0.2) is 11.5 Å². The van der Waals surface area contributed by atoms with Crippen LogP contribution in [0.4, 0.5) is 0 Å². The number of thiophene rings is 1. The number of nitrogens with one attached hydrogen (secondary N) is 1. The van der Waals surface area contributed by atoms with Crippen LogP contribution in [0.25, 0.3) is 0 Å².